The van der Waals surface area contributed by atoms with Crippen LogP contribution in [0.4, 0.5) is 14.6 Å². The Morgan fingerprint density at radius 2 is 1.67 bits per heavy atom. The molecular weight excluding hydrogens is 542 g/mol. The molecule has 4 rings (SSSR count). The van der Waals surface area contributed by atoms with E-state index in [9.17, 15) is 13.6 Å². The Morgan fingerprint density at radius 3 is 2.31 bits per heavy atom. The zero-order valence-electron chi connectivity index (χ0n) is 25.0. The lowest BCUT2D eigenvalue weighted by Crippen LogP contribution is -2.46. The van der Waals surface area contributed by atoms with E-state index in [1.165, 1.54) is 18.3 Å². The van der Waals surface area contributed by atoms with Crippen LogP contribution >= 0.6 is 0 Å². The summed E-state index contributed by atoms with van der Waals surface area (Å²) in [5.74, 6) is 1.10. The van der Waals surface area contributed by atoms with E-state index in [2.05, 4.69) is 34.4 Å². The van der Waals surface area contributed by atoms with E-state index in [4.69, 9.17) is 14.2 Å². The van der Waals surface area contributed by atoms with Crippen LogP contribution in [0.25, 0.3) is 0 Å². The Bertz CT molecular complexity index is 1390. The van der Waals surface area contributed by atoms with Crippen LogP contribution in [-0.2, 0) is 17.8 Å². The summed E-state index contributed by atoms with van der Waals surface area (Å²) in [7, 11) is 4.80. The molecule has 1 fully saturated rings. The summed E-state index contributed by atoms with van der Waals surface area (Å²) in [5, 5.41) is 6.49. The van der Waals surface area contributed by atoms with Crippen LogP contribution < -0.4 is 24.8 Å². The van der Waals surface area contributed by atoms with Gasteiger partial charge in [-0.1, -0.05) is 39.2 Å². The molecule has 2 N–H and O–H groups in total. The van der Waals surface area contributed by atoms with Crippen LogP contribution in [0.3, 0.4) is 0 Å². The quantitative estimate of drug-likeness (QED) is 0.264. The summed E-state index contributed by atoms with van der Waals surface area (Å²) < 4.78 is 44.9. The number of nitrogens with one attached hydrogen (secondary N) is 2. The molecule has 10 heteroatoms. The van der Waals surface area contributed by atoms with Gasteiger partial charge in [-0.25, -0.2) is 13.8 Å². The predicted octanol–water partition coefficient (Wildman–Crippen LogP) is 6.17. The van der Waals surface area contributed by atoms with Crippen molar-refractivity contribution < 1.29 is 27.8 Å². The van der Waals surface area contributed by atoms with Gasteiger partial charge in [0, 0.05) is 49.1 Å². The minimum Gasteiger partial charge on any atom is -0.496 e. The molecule has 0 atom stereocenters. The number of amides is 1. The van der Waals surface area contributed by atoms with E-state index in [0.717, 1.165) is 36.5 Å². The summed E-state index contributed by atoms with van der Waals surface area (Å²) in [6.07, 6.45) is 7.56. The maximum absolute atomic E-state index is 14.4. The van der Waals surface area contributed by atoms with Crippen LogP contribution in [0.15, 0.2) is 36.7 Å². The van der Waals surface area contributed by atoms with E-state index in [1.54, 1.807) is 27.5 Å². The summed E-state index contributed by atoms with van der Waals surface area (Å²) in [6, 6.07) is 5.38. The maximum Gasteiger partial charge on any atom is 0.228 e. The Kier molecular flexibility index (Phi) is 10.2. The van der Waals surface area contributed by atoms with Gasteiger partial charge in [-0.15, -0.1) is 0 Å². The standard InChI is InChI=1S/C32H40F2N4O4/c1-20(2)27-26(40-3)16-22(28(41-4)29(27)42-5)18-37-31(39)32(11-7-6-8-12-32)19-38-30-25(35-13-14-36-30)15-21-9-10-23(33)17-24(21)34/h9-10,13-14,16-17,20H,6-8,11-12,15,18-19H2,1-5H3,(H,36,38)(H,37,39). The number of hydrogen-bond acceptors (Lipinski definition) is 7. The van der Waals surface area contributed by atoms with Crippen molar-refractivity contribution in [2.75, 3.05) is 33.2 Å². The van der Waals surface area contributed by atoms with Crippen LogP contribution in [-0.4, -0.2) is 43.7 Å². The average molecular weight is 583 g/mol. The molecule has 0 radical (unpaired) electrons. The first-order valence-corrected chi connectivity index (χ1v) is 14.3. The Morgan fingerprint density at radius 1 is 0.952 bits per heavy atom. The Hall–Kier alpha value is -3.95. The number of carbonyl (C=O) groups is 1. The number of ether oxygens (including phenoxy) is 3. The number of methoxy groups -OCH3 is 3. The summed E-state index contributed by atoms with van der Waals surface area (Å²) >= 11 is 0. The first-order valence-electron chi connectivity index (χ1n) is 14.3. The molecule has 1 aromatic heterocycles. The fourth-order valence-electron chi connectivity index (χ4n) is 5.77. The molecule has 0 saturated heterocycles. The third-order valence-electron chi connectivity index (χ3n) is 7.99. The first kappa shape index (κ1) is 31.0. The third kappa shape index (κ3) is 6.74. The second kappa shape index (κ2) is 13.8. The summed E-state index contributed by atoms with van der Waals surface area (Å²) in [4.78, 5) is 22.7. The highest BCUT2D eigenvalue weighted by atomic mass is 19.1. The number of nitrogens with zero attached hydrogens (tertiary/aromatic N) is 2. The van der Waals surface area contributed by atoms with Crippen molar-refractivity contribution in [1.29, 1.82) is 0 Å². The molecule has 1 aliphatic rings. The lowest BCUT2D eigenvalue weighted by atomic mass is 9.73. The number of anilines is 1. The Labute approximate surface area is 246 Å². The van der Waals surface area contributed by atoms with E-state index >= 15 is 0 Å². The molecule has 1 amide bonds. The van der Waals surface area contributed by atoms with Gasteiger partial charge >= 0.3 is 0 Å². The number of carbonyl (C=O) groups excluding carboxylic acids is 1. The van der Waals surface area contributed by atoms with Gasteiger partial charge in [-0.05, 0) is 36.5 Å². The smallest absolute Gasteiger partial charge is 0.228 e. The molecule has 0 unspecified atom stereocenters. The molecule has 2 aromatic carbocycles. The van der Waals surface area contributed by atoms with Gasteiger partial charge < -0.3 is 24.8 Å². The van der Waals surface area contributed by atoms with Crippen molar-refractivity contribution in [3.8, 4) is 17.2 Å². The predicted molar refractivity (Wildman–Crippen MR) is 157 cm³/mol. The van der Waals surface area contributed by atoms with Crippen molar-refractivity contribution >= 4 is 11.7 Å². The SMILES string of the molecule is COc1cc(CNC(=O)C2(CNc3nccnc3Cc3ccc(F)cc3F)CCCCC2)c(OC)c(OC)c1C(C)C. The third-order valence-corrected chi connectivity index (χ3v) is 7.99. The van der Waals surface area contributed by atoms with Gasteiger partial charge in [-0.2, -0.15) is 0 Å². The van der Waals surface area contributed by atoms with Crippen molar-refractivity contribution in [3.05, 3.63) is 70.7 Å². The van der Waals surface area contributed by atoms with Crippen LogP contribution in [0.5, 0.6) is 17.2 Å². The number of benzene rings is 2. The van der Waals surface area contributed by atoms with E-state index in [0.29, 0.717) is 53.7 Å². The zero-order chi connectivity index (χ0) is 30.3. The topological polar surface area (TPSA) is 94.6 Å². The van der Waals surface area contributed by atoms with Gasteiger partial charge in [0.1, 0.15) is 23.2 Å². The molecular formula is C32H40F2N4O4. The summed E-state index contributed by atoms with van der Waals surface area (Å²) in [6.45, 7) is 4.68. The highest BCUT2D eigenvalue weighted by Crippen LogP contribution is 2.45. The fourth-order valence-corrected chi connectivity index (χ4v) is 5.77. The first-order chi connectivity index (χ1) is 20.2. The number of hydrogen-bond donors (Lipinski definition) is 2. The molecule has 8 nitrogen and oxygen atoms in total. The fraction of sp³-hybridized carbons (Fsp3) is 0.469. The molecule has 42 heavy (non-hydrogen) atoms. The molecule has 3 aromatic rings. The molecule has 1 saturated carbocycles. The molecule has 226 valence electrons. The van der Waals surface area contributed by atoms with Crippen LogP contribution in [0.1, 0.15) is 74.3 Å². The van der Waals surface area contributed by atoms with Crippen molar-refractivity contribution in [3.63, 3.8) is 0 Å². The van der Waals surface area contributed by atoms with Gasteiger partial charge in [-0.3, -0.25) is 9.78 Å². The minimum absolute atomic E-state index is 0.0716. The van der Waals surface area contributed by atoms with Gasteiger partial charge in [0.15, 0.2) is 11.5 Å². The van der Waals surface area contributed by atoms with Gasteiger partial charge in [0.05, 0.1) is 32.4 Å². The van der Waals surface area contributed by atoms with Crippen LogP contribution in [0, 0.1) is 17.0 Å². The number of aromatic nitrogens is 2. The van der Waals surface area contributed by atoms with E-state index in [1.807, 2.05) is 6.07 Å². The molecule has 1 aliphatic carbocycles. The summed E-state index contributed by atoms with van der Waals surface area (Å²) in [5.41, 5.74) is 1.81. The number of rotatable bonds is 12. The van der Waals surface area contributed by atoms with Gasteiger partial charge in [0.2, 0.25) is 5.91 Å². The van der Waals surface area contributed by atoms with Crippen LogP contribution in [0.2, 0.25) is 0 Å². The van der Waals surface area contributed by atoms with Gasteiger partial charge in [0.25, 0.3) is 0 Å². The molecule has 1 heterocycles. The second-order valence-electron chi connectivity index (χ2n) is 11.0. The van der Waals surface area contributed by atoms with E-state index in [-0.39, 0.29) is 24.8 Å². The maximum atomic E-state index is 14.4. The molecule has 0 aliphatic heterocycles. The zero-order valence-corrected chi connectivity index (χ0v) is 25.0. The number of halogens is 2. The lowest BCUT2D eigenvalue weighted by molar-refractivity contribution is -0.132. The largest absolute Gasteiger partial charge is 0.496 e. The molecule has 0 bridgehead atoms. The van der Waals surface area contributed by atoms with Crippen molar-refractivity contribution in [2.45, 2.75) is 64.8 Å². The second-order valence-corrected chi connectivity index (χ2v) is 11.0. The van der Waals surface area contributed by atoms with Crippen molar-refractivity contribution in [1.82, 2.24) is 15.3 Å². The van der Waals surface area contributed by atoms with Crippen molar-refractivity contribution in [2.24, 2.45) is 5.41 Å². The highest BCUT2D eigenvalue weighted by molar-refractivity contribution is 5.83. The highest BCUT2D eigenvalue weighted by Gasteiger charge is 2.39. The lowest BCUT2D eigenvalue weighted by Gasteiger charge is -2.36. The normalized spacial score (nSPS) is 14.4. The minimum atomic E-state index is -0.673. The Balaban J connectivity index is 1.54. The van der Waals surface area contributed by atoms with E-state index < -0.39 is 17.0 Å². The monoisotopic (exact) mass is 582 g/mol. The average Bonchev–Trinajstić information content (AvgIpc) is 3.00. The molecule has 0 spiro atoms.